The van der Waals surface area contributed by atoms with E-state index in [1.165, 1.54) is 19.2 Å². The molecule has 0 unspecified atom stereocenters. The molecule has 4 nitrogen and oxygen atoms in total. The topological polar surface area (TPSA) is 47.6 Å². The van der Waals surface area contributed by atoms with E-state index in [4.69, 9.17) is 4.74 Å². The molecule has 0 aliphatic heterocycles. The number of rotatable bonds is 5. The molecule has 0 saturated carbocycles. The highest BCUT2D eigenvalue weighted by Crippen LogP contribution is 2.31. The fourth-order valence-corrected chi connectivity index (χ4v) is 1.32. The highest BCUT2D eigenvalue weighted by molar-refractivity contribution is 5.77. The number of carbonyl (C=O) groups excluding carboxylic acids is 1. The molecule has 0 atom stereocenters. The smallest absolute Gasteiger partial charge is 0.416 e. The monoisotopic (exact) mass is 301 g/mol. The van der Waals surface area contributed by atoms with Gasteiger partial charge in [0.05, 0.1) is 12.1 Å². The minimum absolute atomic E-state index is 0.0532. The second-order valence-corrected chi connectivity index (χ2v) is 3.88. The number of ether oxygens (including phenoxy) is 2. The molecule has 1 rings (SSSR count). The average molecular weight is 301 g/mol. The molecule has 0 aliphatic rings. The first-order valence-electron chi connectivity index (χ1n) is 5.95. The van der Waals surface area contributed by atoms with Crippen LogP contribution in [0.2, 0.25) is 0 Å². The number of methoxy groups -OCH3 is 1. The molecule has 0 spiro atoms. The van der Waals surface area contributed by atoms with E-state index in [2.05, 4.69) is 21.9 Å². The van der Waals surface area contributed by atoms with Crippen molar-refractivity contribution in [2.45, 2.75) is 6.18 Å². The summed E-state index contributed by atoms with van der Waals surface area (Å²) in [4.78, 5) is 11.0. The van der Waals surface area contributed by atoms with Crippen LogP contribution in [0.25, 0.3) is 0 Å². The first-order chi connectivity index (χ1) is 9.93. The Morgan fingerprint density at radius 2 is 2.10 bits per heavy atom. The molecular formula is C14H14F3NO3. The first kappa shape index (κ1) is 16.9. The van der Waals surface area contributed by atoms with Crippen molar-refractivity contribution in [1.82, 2.24) is 5.32 Å². The summed E-state index contributed by atoms with van der Waals surface area (Å²) in [5.41, 5.74) is -0.778. The summed E-state index contributed by atoms with van der Waals surface area (Å²) in [7, 11) is 1.40. The Balaban J connectivity index is 2.38. The summed E-state index contributed by atoms with van der Waals surface area (Å²) in [5, 5.41) is 2.47. The summed E-state index contributed by atoms with van der Waals surface area (Å²) in [6, 6.07) is 4.54. The second kappa shape index (κ2) is 8.17. The van der Waals surface area contributed by atoms with Crippen molar-refractivity contribution in [3.63, 3.8) is 0 Å². The van der Waals surface area contributed by atoms with Gasteiger partial charge in [0, 0.05) is 7.11 Å². The van der Waals surface area contributed by atoms with E-state index in [-0.39, 0.29) is 31.4 Å². The van der Waals surface area contributed by atoms with Crippen molar-refractivity contribution < 1.29 is 27.4 Å². The van der Waals surface area contributed by atoms with Crippen LogP contribution in [0.1, 0.15) is 5.56 Å². The SMILES string of the molecule is COCC(=O)NCC#CCOc1cccc(C(F)(F)F)c1. The molecule has 1 amide bonds. The van der Waals surface area contributed by atoms with E-state index < -0.39 is 11.7 Å². The lowest BCUT2D eigenvalue weighted by Gasteiger charge is -2.08. The molecular weight excluding hydrogens is 287 g/mol. The van der Waals surface area contributed by atoms with Gasteiger partial charge >= 0.3 is 6.18 Å². The molecule has 21 heavy (non-hydrogen) atoms. The number of hydrogen-bond acceptors (Lipinski definition) is 3. The van der Waals surface area contributed by atoms with Crippen LogP contribution < -0.4 is 10.1 Å². The summed E-state index contributed by atoms with van der Waals surface area (Å²) >= 11 is 0. The molecule has 1 aromatic carbocycles. The quantitative estimate of drug-likeness (QED) is 0.844. The van der Waals surface area contributed by atoms with Gasteiger partial charge in [-0.05, 0) is 18.2 Å². The number of amides is 1. The Kier molecular flexibility index (Phi) is 6.56. The number of hydrogen-bond donors (Lipinski definition) is 1. The third-order valence-corrected chi connectivity index (χ3v) is 2.25. The molecule has 0 heterocycles. The predicted octanol–water partition coefficient (Wildman–Crippen LogP) is 1.85. The van der Waals surface area contributed by atoms with Gasteiger partial charge in [0.25, 0.3) is 0 Å². The normalized spacial score (nSPS) is 10.5. The molecule has 1 aromatic rings. The molecule has 114 valence electrons. The molecule has 0 aromatic heterocycles. The highest BCUT2D eigenvalue weighted by Gasteiger charge is 2.30. The fraction of sp³-hybridized carbons (Fsp3) is 0.357. The zero-order valence-electron chi connectivity index (χ0n) is 11.3. The number of carbonyl (C=O) groups is 1. The summed E-state index contributed by atoms with van der Waals surface area (Å²) in [5.74, 6) is 4.97. The Morgan fingerprint density at radius 1 is 1.33 bits per heavy atom. The summed E-state index contributed by atoms with van der Waals surface area (Å²) in [6.45, 7) is -0.00197. The van der Waals surface area contributed by atoms with E-state index in [1.54, 1.807) is 0 Å². The summed E-state index contributed by atoms with van der Waals surface area (Å²) < 4.78 is 47.1. The van der Waals surface area contributed by atoms with Crippen molar-refractivity contribution in [3.8, 4) is 17.6 Å². The number of nitrogens with one attached hydrogen (secondary N) is 1. The minimum atomic E-state index is -4.41. The highest BCUT2D eigenvalue weighted by atomic mass is 19.4. The van der Waals surface area contributed by atoms with Crippen molar-refractivity contribution >= 4 is 5.91 Å². The van der Waals surface area contributed by atoms with Gasteiger partial charge in [-0.3, -0.25) is 4.79 Å². The molecule has 0 saturated heterocycles. The molecule has 0 fully saturated rings. The van der Waals surface area contributed by atoms with Crippen LogP contribution in [-0.4, -0.2) is 32.8 Å². The van der Waals surface area contributed by atoms with Gasteiger partial charge in [0.15, 0.2) is 0 Å². The Bertz CT molecular complexity index is 532. The van der Waals surface area contributed by atoms with E-state index >= 15 is 0 Å². The van der Waals surface area contributed by atoms with Crippen LogP contribution in [-0.2, 0) is 15.7 Å². The third-order valence-electron chi connectivity index (χ3n) is 2.25. The fourth-order valence-electron chi connectivity index (χ4n) is 1.32. The lowest BCUT2D eigenvalue weighted by atomic mass is 10.2. The second-order valence-electron chi connectivity index (χ2n) is 3.88. The van der Waals surface area contributed by atoms with Crippen molar-refractivity contribution in [2.24, 2.45) is 0 Å². The molecule has 0 radical (unpaired) electrons. The average Bonchev–Trinajstić information content (AvgIpc) is 2.42. The number of benzene rings is 1. The van der Waals surface area contributed by atoms with Crippen molar-refractivity contribution in [2.75, 3.05) is 26.9 Å². The van der Waals surface area contributed by atoms with E-state index in [0.717, 1.165) is 12.1 Å². The number of alkyl halides is 3. The van der Waals surface area contributed by atoms with E-state index in [0.29, 0.717) is 0 Å². The van der Waals surface area contributed by atoms with Crippen LogP contribution in [0.5, 0.6) is 5.75 Å². The van der Waals surface area contributed by atoms with Gasteiger partial charge in [0.1, 0.15) is 19.0 Å². The van der Waals surface area contributed by atoms with Gasteiger partial charge in [-0.2, -0.15) is 13.2 Å². The lowest BCUT2D eigenvalue weighted by molar-refractivity contribution is -0.137. The maximum absolute atomic E-state index is 12.5. The van der Waals surface area contributed by atoms with Crippen LogP contribution in [0.3, 0.4) is 0 Å². The Hall–Kier alpha value is -2.20. The molecule has 7 heteroatoms. The summed E-state index contributed by atoms with van der Waals surface area (Å²) in [6.07, 6.45) is -4.41. The number of halogens is 3. The first-order valence-corrected chi connectivity index (χ1v) is 5.95. The maximum atomic E-state index is 12.5. The van der Waals surface area contributed by atoms with E-state index in [1.807, 2.05) is 0 Å². The van der Waals surface area contributed by atoms with Crippen LogP contribution in [0, 0.1) is 11.8 Å². The van der Waals surface area contributed by atoms with Gasteiger partial charge < -0.3 is 14.8 Å². The Morgan fingerprint density at radius 3 is 2.76 bits per heavy atom. The minimum Gasteiger partial charge on any atom is -0.481 e. The Labute approximate surface area is 120 Å². The van der Waals surface area contributed by atoms with Crippen LogP contribution in [0.15, 0.2) is 24.3 Å². The third kappa shape index (κ3) is 6.68. The largest absolute Gasteiger partial charge is 0.481 e. The van der Waals surface area contributed by atoms with E-state index in [9.17, 15) is 18.0 Å². The van der Waals surface area contributed by atoms with Crippen molar-refractivity contribution in [3.05, 3.63) is 29.8 Å². The van der Waals surface area contributed by atoms with Crippen LogP contribution in [0.4, 0.5) is 13.2 Å². The standard InChI is InChI=1S/C14H14F3NO3/c1-20-10-13(19)18-7-2-3-8-21-12-6-4-5-11(9-12)14(15,16)17/h4-6,9H,7-8,10H2,1H3,(H,18,19). The predicted molar refractivity (Wildman–Crippen MR) is 69.6 cm³/mol. The molecule has 0 bridgehead atoms. The lowest BCUT2D eigenvalue weighted by Crippen LogP contribution is -2.27. The van der Waals surface area contributed by atoms with Crippen LogP contribution >= 0.6 is 0 Å². The van der Waals surface area contributed by atoms with Gasteiger partial charge in [-0.15, -0.1) is 0 Å². The molecule has 1 N–H and O–H groups in total. The van der Waals surface area contributed by atoms with Gasteiger partial charge in [0.2, 0.25) is 5.91 Å². The zero-order valence-corrected chi connectivity index (χ0v) is 11.3. The van der Waals surface area contributed by atoms with Crippen molar-refractivity contribution in [1.29, 1.82) is 0 Å². The van der Waals surface area contributed by atoms with Gasteiger partial charge in [-0.1, -0.05) is 17.9 Å². The maximum Gasteiger partial charge on any atom is 0.416 e. The zero-order chi connectivity index (χ0) is 15.7. The van der Waals surface area contributed by atoms with Gasteiger partial charge in [-0.25, -0.2) is 0 Å². The molecule has 0 aliphatic carbocycles.